The van der Waals surface area contributed by atoms with Crippen LogP contribution in [0.4, 0.5) is 18.3 Å². The Morgan fingerprint density at radius 2 is 1.75 bits per heavy atom. The Kier molecular flexibility index (Phi) is 9.27. The summed E-state index contributed by atoms with van der Waals surface area (Å²) in [4.78, 5) is 26.7. The van der Waals surface area contributed by atoms with Crippen LogP contribution in [0.2, 0.25) is 5.02 Å². The fraction of sp³-hybridized carbons (Fsp3) is 0.333. The van der Waals surface area contributed by atoms with Gasteiger partial charge in [0.15, 0.2) is 6.61 Å². The lowest BCUT2D eigenvalue weighted by atomic mass is 10.1. The maximum atomic E-state index is 12.7. The molecule has 0 fully saturated rings. The third kappa shape index (κ3) is 8.20. The van der Waals surface area contributed by atoms with Crippen LogP contribution in [-0.2, 0) is 15.8 Å². The first-order chi connectivity index (χ1) is 17.0. The molecule has 192 valence electrons. The van der Waals surface area contributed by atoms with Crippen LogP contribution >= 0.6 is 22.9 Å². The van der Waals surface area contributed by atoms with Crippen LogP contribution in [0.15, 0.2) is 48.5 Å². The van der Waals surface area contributed by atoms with Gasteiger partial charge in [0.05, 0.1) is 5.56 Å². The van der Waals surface area contributed by atoms with Gasteiger partial charge in [-0.2, -0.15) is 13.2 Å². The predicted octanol–water partition coefficient (Wildman–Crippen LogP) is 5.77. The highest BCUT2D eigenvalue weighted by atomic mass is 35.5. The highest BCUT2D eigenvalue weighted by Gasteiger charge is 2.30. The van der Waals surface area contributed by atoms with E-state index in [-0.39, 0.29) is 42.4 Å². The number of hydrogen-bond acceptors (Lipinski definition) is 6. The topological polar surface area (TPSA) is 84.4 Å². The molecule has 1 heterocycles. The maximum absolute atomic E-state index is 12.7. The van der Waals surface area contributed by atoms with Crippen LogP contribution in [0.3, 0.4) is 0 Å². The fourth-order valence-electron chi connectivity index (χ4n) is 3.14. The Hall–Kier alpha value is -3.18. The van der Waals surface area contributed by atoms with Crippen molar-refractivity contribution in [2.75, 3.05) is 25.0 Å². The van der Waals surface area contributed by atoms with Crippen LogP contribution in [0.1, 0.15) is 25.8 Å². The van der Waals surface area contributed by atoms with Gasteiger partial charge in [-0.1, -0.05) is 48.9 Å². The number of carbonyl (C=O) groups is 2. The summed E-state index contributed by atoms with van der Waals surface area (Å²) in [7, 11) is 0. The van der Waals surface area contributed by atoms with Crippen molar-refractivity contribution in [2.24, 2.45) is 5.92 Å². The average Bonchev–Trinajstić information content (AvgIpc) is 3.29. The van der Waals surface area contributed by atoms with Crippen LogP contribution in [0.5, 0.6) is 5.75 Å². The first kappa shape index (κ1) is 27.4. The Bertz CT molecular complexity index is 1170. The molecule has 0 aliphatic carbocycles. The van der Waals surface area contributed by atoms with Crippen LogP contribution in [0.25, 0.3) is 10.6 Å². The molecule has 0 saturated carbocycles. The lowest BCUT2D eigenvalue weighted by Gasteiger charge is -2.24. The van der Waals surface area contributed by atoms with Gasteiger partial charge in [-0.3, -0.25) is 9.59 Å². The molecule has 0 saturated heterocycles. The number of aromatic nitrogens is 2. The monoisotopic (exact) mass is 540 g/mol. The number of benzene rings is 2. The Balaban J connectivity index is 1.53. The molecule has 12 heteroatoms. The number of nitrogens with zero attached hydrogens (tertiary/aromatic N) is 3. The number of amides is 2. The molecule has 0 aliphatic rings. The molecule has 7 nitrogen and oxygen atoms in total. The summed E-state index contributed by atoms with van der Waals surface area (Å²) >= 11 is 6.89. The van der Waals surface area contributed by atoms with Crippen molar-refractivity contribution in [3.05, 3.63) is 59.1 Å². The smallest absolute Gasteiger partial charge is 0.416 e. The molecule has 0 bridgehead atoms. The zero-order chi connectivity index (χ0) is 26.3. The molecule has 0 aliphatic heterocycles. The van der Waals surface area contributed by atoms with Crippen molar-refractivity contribution in [2.45, 2.75) is 26.4 Å². The maximum Gasteiger partial charge on any atom is 0.416 e. The van der Waals surface area contributed by atoms with Gasteiger partial charge in [-0.15, -0.1) is 10.2 Å². The molecule has 1 N–H and O–H groups in total. The number of alkyl halides is 3. The van der Waals surface area contributed by atoms with Crippen molar-refractivity contribution in [1.29, 1.82) is 0 Å². The van der Waals surface area contributed by atoms with E-state index in [0.717, 1.165) is 23.5 Å². The van der Waals surface area contributed by atoms with Crippen LogP contribution in [-0.4, -0.2) is 46.6 Å². The minimum atomic E-state index is -4.42. The van der Waals surface area contributed by atoms with E-state index in [1.54, 1.807) is 29.2 Å². The van der Waals surface area contributed by atoms with E-state index >= 15 is 0 Å². The van der Waals surface area contributed by atoms with E-state index in [1.165, 1.54) is 12.1 Å². The van der Waals surface area contributed by atoms with E-state index < -0.39 is 11.7 Å². The largest absolute Gasteiger partial charge is 0.484 e. The Labute approximate surface area is 215 Å². The van der Waals surface area contributed by atoms with Crippen molar-refractivity contribution in [3.8, 4) is 16.3 Å². The molecular weight excluding hydrogens is 517 g/mol. The standard InChI is InChI=1S/C24H24ClF3N4O3S/c1-15(2)13-32(21(34)14-35-19-9-7-18(25)8-10-19)12-11-20(33)29-23-31-30-22(36-23)16-3-5-17(6-4-16)24(26,27)28/h3-10,15H,11-14H2,1-2H3,(H,29,31,33). The number of anilines is 1. The van der Waals surface area contributed by atoms with E-state index in [0.29, 0.717) is 27.9 Å². The molecule has 1 aromatic heterocycles. The second-order valence-electron chi connectivity index (χ2n) is 8.26. The second-order valence-corrected chi connectivity index (χ2v) is 9.68. The Morgan fingerprint density at radius 1 is 1.08 bits per heavy atom. The normalized spacial score (nSPS) is 11.4. The van der Waals surface area contributed by atoms with Crippen LogP contribution < -0.4 is 10.1 Å². The first-order valence-electron chi connectivity index (χ1n) is 11.0. The van der Waals surface area contributed by atoms with Crippen molar-refractivity contribution >= 4 is 39.9 Å². The molecule has 0 spiro atoms. The number of halogens is 4. The molecule has 0 atom stereocenters. The zero-order valence-corrected chi connectivity index (χ0v) is 21.1. The zero-order valence-electron chi connectivity index (χ0n) is 19.5. The predicted molar refractivity (Wildman–Crippen MR) is 132 cm³/mol. The summed E-state index contributed by atoms with van der Waals surface area (Å²) in [5.74, 6) is 0.0642. The Morgan fingerprint density at radius 3 is 2.36 bits per heavy atom. The summed E-state index contributed by atoms with van der Waals surface area (Å²) in [6.45, 7) is 4.38. The number of hydrogen-bond donors (Lipinski definition) is 1. The van der Waals surface area contributed by atoms with Gasteiger partial charge in [-0.05, 0) is 42.3 Å². The minimum absolute atomic E-state index is 0.0224. The molecule has 3 aromatic rings. The van der Waals surface area contributed by atoms with Gasteiger partial charge in [-0.25, -0.2) is 0 Å². The molecular formula is C24H24ClF3N4O3S. The minimum Gasteiger partial charge on any atom is -0.484 e. The highest BCUT2D eigenvalue weighted by Crippen LogP contribution is 2.32. The van der Waals surface area contributed by atoms with Gasteiger partial charge < -0.3 is 15.0 Å². The molecule has 3 rings (SSSR count). The van der Waals surface area contributed by atoms with Gasteiger partial charge in [0.2, 0.25) is 11.0 Å². The summed E-state index contributed by atoms with van der Waals surface area (Å²) in [5.41, 5.74) is -0.307. The van der Waals surface area contributed by atoms with Gasteiger partial charge in [0.25, 0.3) is 5.91 Å². The first-order valence-corrected chi connectivity index (χ1v) is 12.2. The van der Waals surface area contributed by atoms with Crippen molar-refractivity contribution in [3.63, 3.8) is 0 Å². The second kappa shape index (κ2) is 12.2. The summed E-state index contributed by atoms with van der Waals surface area (Å²) in [6, 6.07) is 11.2. The summed E-state index contributed by atoms with van der Waals surface area (Å²) in [5, 5.41) is 11.6. The van der Waals surface area contributed by atoms with E-state index in [4.69, 9.17) is 16.3 Å². The molecule has 0 radical (unpaired) electrons. The van der Waals surface area contributed by atoms with E-state index in [9.17, 15) is 22.8 Å². The molecule has 36 heavy (non-hydrogen) atoms. The molecule has 2 aromatic carbocycles. The lowest BCUT2D eigenvalue weighted by Crippen LogP contribution is -2.39. The highest BCUT2D eigenvalue weighted by molar-refractivity contribution is 7.18. The van der Waals surface area contributed by atoms with Crippen LogP contribution in [0, 0.1) is 5.92 Å². The summed E-state index contributed by atoms with van der Waals surface area (Å²) < 4.78 is 43.8. The average molecular weight is 541 g/mol. The lowest BCUT2D eigenvalue weighted by molar-refractivity contribution is -0.137. The number of nitrogens with one attached hydrogen (secondary N) is 1. The van der Waals surface area contributed by atoms with Gasteiger partial charge in [0.1, 0.15) is 10.8 Å². The fourth-order valence-corrected chi connectivity index (χ4v) is 4.03. The van der Waals surface area contributed by atoms with E-state index in [2.05, 4.69) is 15.5 Å². The molecule has 2 amide bonds. The summed E-state index contributed by atoms with van der Waals surface area (Å²) in [6.07, 6.45) is -4.40. The van der Waals surface area contributed by atoms with Crippen molar-refractivity contribution < 1.29 is 27.5 Å². The SMILES string of the molecule is CC(C)CN(CCC(=O)Nc1nnc(-c2ccc(C(F)(F)F)cc2)s1)C(=O)COc1ccc(Cl)cc1. The van der Waals surface area contributed by atoms with Gasteiger partial charge in [0, 0.05) is 30.1 Å². The van der Waals surface area contributed by atoms with E-state index in [1.807, 2.05) is 13.8 Å². The number of rotatable bonds is 10. The third-order valence-corrected chi connectivity index (χ3v) is 5.99. The molecule has 0 unspecified atom stereocenters. The number of carbonyl (C=O) groups excluding carboxylic acids is 2. The van der Waals surface area contributed by atoms with Gasteiger partial charge >= 0.3 is 6.18 Å². The van der Waals surface area contributed by atoms with Crippen molar-refractivity contribution in [1.82, 2.24) is 15.1 Å². The number of ether oxygens (including phenoxy) is 1. The third-order valence-electron chi connectivity index (χ3n) is 4.85. The quantitative estimate of drug-likeness (QED) is 0.353.